The second-order valence-corrected chi connectivity index (χ2v) is 6.42. The van der Waals surface area contributed by atoms with Gasteiger partial charge in [-0.05, 0) is 33.3 Å². The highest BCUT2D eigenvalue weighted by molar-refractivity contribution is 5.15. The lowest BCUT2D eigenvalue weighted by molar-refractivity contribution is -0.179. The molecule has 0 aliphatic carbocycles. The van der Waals surface area contributed by atoms with Crippen LogP contribution < -0.4 is 0 Å². The van der Waals surface area contributed by atoms with Gasteiger partial charge in [-0.25, -0.2) is 0 Å². The number of hydrogen-bond acceptors (Lipinski definition) is 3. The highest BCUT2D eigenvalue weighted by atomic mass is 16.5. The minimum atomic E-state index is -0.424. The lowest BCUT2D eigenvalue weighted by Crippen LogP contribution is -2.64. The lowest BCUT2D eigenvalue weighted by atomic mass is 9.89. The molecule has 0 bridgehead atoms. The second-order valence-electron chi connectivity index (χ2n) is 6.42. The van der Waals surface area contributed by atoms with Gasteiger partial charge in [-0.1, -0.05) is 30.3 Å². The van der Waals surface area contributed by atoms with Crippen molar-refractivity contribution in [1.82, 2.24) is 4.90 Å². The summed E-state index contributed by atoms with van der Waals surface area (Å²) in [5.74, 6) is 0. The van der Waals surface area contributed by atoms with Crippen LogP contribution in [-0.2, 0) is 11.3 Å². The van der Waals surface area contributed by atoms with E-state index in [-0.39, 0.29) is 11.1 Å². The van der Waals surface area contributed by atoms with Gasteiger partial charge in [-0.15, -0.1) is 0 Å². The Bertz CT molecular complexity index is 416. The SMILES string of the molecule is C[C@H](O)[C@@]1(C)COC(C)(C)CN1Cc1ccccc1. The van der Waals surface area contributed by atoms with Crippen LogP contribution >= 0.6 is 0 Å². The van der Waals surface area contributed by atoms with Gasteiger partial charge in [-0.2, -0.15) is 0 Å². The van der Waals surface area contributed by atoms with Gasteiger partial charge in [0.1, 0.15) is 0 Å². The minimum absolute atomic E-state index is 0.164. The largest absolute Gasteiger partial charge is 0.391 e. The van der Waals surface area contributed by atoms with Gasteiger partial charge in [0, 0.05) is 13.1 Å². The van der Waals surface area contributed by atoms with E-state index in [1.165, 1.54) is 5.56 Å². The zero-order valence-electron chi connectivity index (χ0n) is 12.4. The highest BCUT2D eigenvalue weighted by Gasteiger charge is 2.44. The van der Waals surface area contributed by atoms with Crippen molar-refractivity contribution in [2.75, 3.05) is 13.2 Å². The number of ether oxygens (including phenoxy) is 1. The molecule has 1 aliphatic heterocycles. The first kappa shape index (κ1) is 14.5. The summed E-state index contributed by atoms with van der Waals surface area (Å²) < 4.78 is 5.91. The molecule has 2 atom stereocenters. The van der Waals surface area contributed by atoms with Crippen LogP contribution in [0.4, 0.5) is 0 Å². The van der Waals surface area contributed by atoms with Gasteiger partial charge in [-0.3, -0.25) is 4.90 Å². The maximum Gasteiger partial charge on any atom is 0.0754 e. The topological polar surface area (TPSA) is 32.7 Å². The molecule has 3 heteroatoms. The number of benzene rings is 1. The van der Waals surface area contributed by atoms with E-state index >= 15 is 0 Å². The van der Waals surface area contributed by atoms with Crippen LogP contribution in [0.2, 0.25) is 0 Å². The molecule has 0 spiro atoms. The molecule has 2 rings (SSSR count). The first-order valence-corrected chi connectivity index (χ1v) is 6.94. The zero-order valence-corrected chi connectivity index (χ0v) is 12.4. The molecule has 0 aromatic heterocycles. The quantitative estimate of drug-likeness (QED) is 0.909. The van der Waals surface area contributed by atoms with Crippen molar-refractivity contribution in [3.05, 3.63) is 35.9 Å². The molecule has 0 radical (unpaired) electrons. The Labute approximate surface area is 116 Å². The molecule has 3 nitrogen and oxygen atoms in total. The van der Waals surface area contributed by atoms with E-state index in [2.05, 4.69) is 49.9 Å². The number of hydrogen-bond donors (Lipinski definition) is 1. The predicted molar refractivity (Wildman–Crippen MR) is 77.0 cm³/mol. The molecule has 1 saturated heterocycles. The maximum absolute atomic E-state index is 10.1. The van der Waals surface area contributed by atoms with Gasteiger partial charge in [0.2, 0.25) is 0 Å². The third-order valence-electron chi connectivity index (χ3n) is 4.17. The summed E-state index contributed by atoms with van der Waals surface area (Å²) in [5.41, 5.74) is 0.779. The van der Waals surface area contributed by atoms with Gasteiger partial charge in [0.15, 0.2) is 0 Å². The normalized spacial score (nSPS) is 29.1. The number of rotatable bonds is 3. The van der Waals surface area contributed by atoms with Crippen molar-refractivity contribution < 1.29 is 9.84 Å². The lowest BCUT2D eigenvalue weighted by Gasteiger charge is -2.51. The first-order chi connectivity index (χ1) is 8.83. The van der Waals surface area contributed by atoms with Crippen LogP contribution in [0.5, 0.6) is 0 Å². The van der Waals surface area contributed by atoms with E-state index < -0.39 is 6.10 Å². The van der Waals surface area contributed by atoms with Gasteiger partial charge >= 0.3 is 0 Å². The van der Waals surface area contributed by atoms with Crippen molar-refractivity contribution in [2.45, 2.75) is 51.5 Å². The standard InChI is InChI=1S/C16H25NO2/c1-13(18)16(4)12-19-15(2,3)11-17(16)10-14-8-6-5-7-9-14/h5-9,13,18H,10-12H2,1-4H3/t13-,16+/m0/s1. The average Bonchev–Trinajstić information content (AvgIpc) is 2.35. The molecule has 1 aromatic rings. The van der Waals surface area contributed by atoms with Crippen LogP contribution in [0.15, 0.2) is 30.3 Å². The zero-order chi connectivity index (χ0) is 14.1. The summed E-state index contributed by atoms with van der Waals surface area (Å²) in [6, 6.07) is 10.4. The van der Waals surface area contributed by atoms with Crippen LogP contribution in [0.1, 0.15) is 33.3 Å². The monoisotopic (exact) mass is 263 g/mol. The minimum Gasteiger partial charge on any atom is -0.391 e. The Morgan fingerprint density at radius 3 is 2.47 bits per heavy atom. The molecular formula is C16H25NO2. The molecule has 1 aliphatic rings. The summed E-state index contributed by atoms with van der Waals surface area (Å²) in [4.78, 5) is 2.34. The van der Waals surface area contributed by atoms with Crippen molar-refractivity contribution in [3.8, 4) is 0 Å². The molecule has 1 aromatic carbocycles. The number of aliphatic hydroxyl groups is 1. The molecule has 19 heavy (non-hydrogen) atoms. The first-order valence-electron chi connectivity index (χ1n) is 6.94. The maximum atomic E-state index is 10.1. The molecule has 0 amide bonds. The van der Waals surface area contributed by atoms with Gasteiger partial charge in [0.25, 0.3) is 0 Å². The van der Waals surface area contributed by atoms with Crippen LogP contribution in [0.3, 0.4) is 0 Å². The van der Waals surface area contributed by atoms with E-state index in [1.807, 2.05) is 13.0 Å². The summed E-state index contributed by atoms with van der Waals surface area (Å²) in [6.07, 6.45) is -0.424. The highest BCUT2D eigenvalue weighted by Crippen LogP contribution is 2.32. The molecule has 1 heterocycles. The van der Waals surface area contributed by atoms with Crippen LogP contribution in [0.25, 0.3) is 0 Å². The third kappa shape index (κ3) is 3.16. The summed E-state index contributed by atoms with van der Waals surface area (Å²) >= 11 is 0. The molecule has 1 fully saturated rings. The number of aliphatic hydroxyl groups excluding tert-OH is 1. The second kappa shape index (κ2) is 5.23. The summed E-state index contributed by atoms with van der Waals surface area (Å²) in [7, 11) is 0. The molecular weight excluding hydrogens is 238 g/mol. The Kier molecular flexibility index (Phi) is 4.00. The number of morpholine rings is 1. The Morgan fingerprint density at radius 1 is 1.26 bits per heavy atom. The summed E-state index contributed by atoms with van der Waals surface area (Å²) in [6.45, 7) is 10.4. The Hall–Kier alpha value is -0.900. The molecule has 0 unspecified atom stereocenters. The predicted octanol–water partition coefficient (Wildman–Crippen LogP) is 2.44. The van der Waals surface area contributed by atoms with Crippen molar-refractivity contribution >= 4 is 0 Å². The van der Waals surface area contributed by atoms with Gasteiger partial charge in [0.05, 0.1) is 23.9 Å². The van der Waals surface area contributed by atoms with Crippen molar-refractivity contribution in [1.29, 1.82) is 0 Å². The number of nitrogens with zero attached hydrogens (tertiary/aromatic N) is 1. The van der Waals surface area contributed by atoms with Crippen molar-refractivity contribution in [2.24, 2.45) is 0 Å². The fourth-order valence-corrected chi connectivity index (χ4v) is 2.54. The van der Waals surface area contributed by atoms with E-state index in [4.69, 9.17) is 4.74 Å². The third-order valence-corrected chi connectivity index (χ3v) is 4.17. The average molecular weight is 263 g/mol. The smallest absolute Gasteiger partial charge is 0.0754 e. The van der Waals surface area contributed by atoms with Gasteiger partial charge < -0.3 is 9.84 Å². The molecule has 0 saturated carbocycles. The molecule has 106 valence electrons. The van der Waals surface area contributed by atoms with Crippen LogP contribution in [-0.4, -0.2) is 40.4 Å². The molecule has 1 N–H and O–H groups in total. The van der Waals surface area contributed by atoms with E-state index in [1.54, 1.807) is 0 Å². The van der Waals surface area contributed by atoms with E-state index in [0.29, 0.717) is 6.61 Å². The van der Waals surface area contributed by atoms with E-state index in [9.17, 15) is 5.11 Å². The summed E-state index contributed by atoms with van der Waals surface area (Å²) in [5, 5.41) is 10.1. The Balaban J connectivity index is 2.21. The van der Waals surface area contributed by atoms with Crippen LogP contribution in [0, 0.1) is 0 Å². The Morgan fingerprint density at radius 2 is 1.89 bits per heavy atom. The van der Waals surface area contributed by atoms with E-state index in [0.717, 1.165) is 13.1 Å². The fourth-order valence-electron chi connectivity index (χ4n) is 2.54. The van der Waals surface area contributed by atoms with Crippen molar-refractivity contribution in [3.63, 3.8) is 0 Å². The fraction of sp³-hybridized carbons (Fsp3) is 0.625.